The minimum absolute atomic E-state index is 0.223. The van der Waals surface area contributed by atoms with E-state index in [9.17, 15) is 4.79 Å². The van der Waals surface area contributed by atoms with Gasteiger partial charge in [0.25, 0.3) is 5.91 Å². The SMILES string of the molecule is Cc1ccc(C(=O)NC(=S)Nc2ccc3oc(-c4ccccc4)nc3c2)c(C)c1. The number of hydrogen-bond donors (Lipinski definition) is 2. The monoisotopic (exact) mass is 401 g/mol. The van der Waals surface area contributed by atoms with E-state index < -0.39 is 0 Å². The quantitative estimate of drug-likeness (QED) is 0.460. The Morgan fingerprint density at radius 1 is 1.00 bits per heavy atom. The van der Waals surface area contributed by atoms with Crippen molar-refractivity contribution in [2.24, 2.45) is 0 Å². The molecular weight excluding hydrogens is 382 g/mol. The van der Waals surface area contributed by atoms with Crippen LogP contribution in [0.2, 0.25) is 0 Å². The number of thiocarbonyl (C=S) groups is 1. The zero-order valence-corrected chi connectivity index (χ0v) is 16.8. The first-order valence-corrected chi connectivity index (χ1v) is 9.56. The van der Waals surface area contributed by atoms with Gasteiger partial charge in [0.15, 0.2) is 10.7 Å². The number of nitrogens with zero attached hydrogens (tertiary/aromatic N) is 1. The summed E-state index contributed by atoms with van der Waals surface area (Å²) in [5.41, 5.74) is 5.63. The van der Waals surface area contributed by atoms with E-state index in [4.69, 9.17) is 16.6 Å². The highest BCUT2D eigenvalue weighted by Gasteiger charge is 2.12. The van der Waals surface area contributed by atoms with Crippen LogP contribution < -0.4 is 10.6 Å². The Kier molecular flexibility index (Phi) is 5.10. The van der Waals surface area contributed by atoms with Gasteiger partial charge in [0.05, 0.1) is 0 Å². The summed E-state index contributed by atoms with van der Waals surface area (Å²) in [6, 6.07) is 20.9. The number of aryl methyl sites for hydroxylation is 2. The van der Waals surface area contributed by atoms with Gasteiger partial charge in [0, 0.05) is 16.8 Å². The molecule has 1 aromatic heterocycles. The highest BCUT2D eigenvalue weighted by atomic mass is 32.1. The normalized spacial score (nSPS) is 10.7. The molecule has 3 aromatic carbocycles. The molecule has 0 unspecified atom stereocenters. The second-order valence-electron chi connectivity index (χ2n) is 6.79. The Balaban J connectivity index is 1.48. The van der Waals surface area contributed by atoms with Crippen molar-refractivity contribution in [3.63, 3.8) is 0 Å². The molecule has 0 radical (unpaired) electrons. The largest absolute Gasteiger partial charge is 0.436 e. The zero-order valence-electron chi connectivity index (χ0n) is 16.0. The van der Waals surface area contributed by atoms with Crippen molar-refractivity contribution < 1.29 is 9.21 Å². The maximum atomic E-state index is 12.5. The molecule has 6 heteroatoms. The molecule has 2 N–H and O–H groups in total. The van der Waals surface area contributed by atoms with Gasteiger partial charge in [0.2, 0.25) is 5.89 Å². The standard InChI is InChI=1S/C23H19N3O2S/c1-14-8-10-18(15(2)12-14)21(27)26-23(29)24-17-9-11-20-19(13-17)25-22(28-20)16-6-4-3-5-7-16/h3-13H,1-2H3,(H2,24,26,27,29). The van der Waals surface area contributed by atoms with Gasteiger partial charge in [-0.15, -0.1) is 0 Å². The zero-order chi connectivity index (χ0) is 20.4. The van der Waals surface area contributed by atoms with Crippen LogP contribution in [0.4, 0.5) is 5.69 Å². The van der Waals surface area contributed by atoms with Crippen LogP contribution in [0.5, 0.6) is 0 Å². The number of anilines is 1. The summed E-state index contributed by atoms with van der Waals surface area (Å²) in [6.45, 7) is 3.89. The van der Waals surface area contributed by atoms with E-state index in [1.807, 2.05) is 74.5 Å². The summed E-state index contributed by atoms with van der Waals surface area (Å²) in [4.78, 5) is 17.0. The highest BCUT2D eigenvalue weighted by Crippen LogP contribution is 2.26. The summed E-state index contributed by atoms with van der Waals surface area (Å²) < 4.78 is 5.82. The smallest absolute Gasteiger partial charge is 0.257 e. The first kappa shape index (κ1) is 18.8. The summed E-state index contributed by atoms with van der Waals surface area (Å²) in [5, 5.41) is 5.98. The molecule has 5 nitrogen and oxygen atoms in total. The van der Waals surface area contributed by atoms with Gasteiger partial charge in [0.1, 0.15) is 5.52 Å². The molecule has 0 fully saturated rings. The molecule has 0 aliphatic rings. The lowest BCUT2D eigenvalue weighted by molar-refractivity contribution is 0.0977. The van der Waals surface area contributed by atoms with Gasteiger partial charge in [-0.05, 0) is 68.0 Å². The van der Waals surface area contributed by atoms with E-state index in [1.165, 1.54) is 0 Å². The summed E-state index contributed by atoms with van der Waals surface area (Å²) in [6.07, 6.45) is 0. The van der Waals surface area contributed by atoms with Crippen LogP contribution >= 0.6 is 12.2 Å². The van der Waals surface area contributed by atoms with E-state index in [2.05, 4.69) is 15.6 Å². The summed E-state index contributed by atoms with van der Waals surface area (Å²) in [7, 11) is 0. The van der Waals surface area contributed by atoms with Crippen LogP contribution in [0.1, 0.15) is 21.5 Å². The van der Waals surface area contributed by atoms with Crippen LogP contribution in [-0.2, 0) is 0 Å². The van der Waals surface area contributed by atoms with Gasteiger partial charge >= 0.3 is 0 Å². The topological polar surface area (TPSA) is 67.2 Å². The van der Waals surface area contributed by atoms with Crippen LogP contribution in [-0.4, -0.2) is 16.0 Å². The number of benzene rings is 3. The molecule has 4 aromatic rings. The first-order valence-electron chi connectivity index (χ1n) is 9.15. The van der Waals surface area contributed by atoms with Crippen LogP contribution in [0.25, 0.3) is 22.6 Å². The van der Waals surface area contributed by atoms with Gasteiger partial charge in [-0.1, -0.05) is 35.9 Å². The van der Waals surface area contributed by atoms with E-state index in [0.29, 0.717) is 22.6 Å². The predicted molar refractivity (Wildman–Crippen MR) is 119 cm³/mol. The average molecular weight is 401 g/mol. The lowest BCUT2D eigenvalue weighted by atomic mass is 10.1. The van der Waals surface area contributed by atoms with E-state index in [0.717, 1.165) is 22.4 Å². The number of oxazole rings is 1. The summed E-state index contributed by atoms with van der Waals surface area (Å²) in [5.74, 6) is 0.317. The van der Waals surface area contributed by atoms with Crippen molar-refractivity contribution in [1.29, 1.82) is 0 Å². The molecule has 0 aliphatic carbocycles. The Hall–Kier alpha value is -3.51. The van der Waals surface area contributed by atoms with Crippen LogP contribution in [0.3, 0.4) is 0 Å². The Labute approximate surface area is 173 Å². The number of carbonyl (C=O) groups is 1. The van der Waals surface area contributed by atoms with E-state index in [-0.39, 0.29) is 11.0 Å². The molecule has 4 rings (SSSR count). The molecule has 0 saturated carbocycles. The predicted octanol–water partition coefficient (Wildman–Crippen LogP) is 5.24. The number of aromatic nitrogens is 1. The van der Waals surface area contributed by atoms with Crippen molar-refractivity contribution in [2.45, 2.75) is 13.8 Å². The van der Waals surface area contributed by atoms with Crippen molar-refractivity contribution >= 4 is 40.0 Å². The number of rotatable bonds is 3. The minimum Gasteiger partial charge on any atom is -0.436 e. The molecule has 0 spiro atoms. The molecule has 0 aliphatic heterocycles. The molecule has 29 heavy (non-hydrogen) atoms. The maximum Gasteiger partial charge on any atom is 0.257 e. The number of fused-ring (bicyclic) bond motifs is 1. The molecular formula is C23H19N3O2S. The third-order valence-corrected chi connectivity index (χ3v) is 4.72. The minimum atomic E-state index is -0.242. The average Bonchev–Trinajstić information content (AvgIpc) is 3.12. The van der Waals surface area contributed by atoms with Gasteiger partial charge < -0.3 is 9.73 Å². The lowest BCUT2D eigenvalue weighted by Crippen LogP contribution is -2.34. The van der Waals surface area contributed by atoms with Crippen LogP contribution in [0.15, 0.2) is 71.1 Å². The van der Waals surface area contributed by atoms with Crippen molar-refractivity contribution in [1.82, 2.24) is 10.3 Å². The molecule has 1 heterocycles. The molecule has 0 bridgehead atoms. The molecule has 144 valence electrons. The molecule has 0 atom stereocenters. The lowest BCUT2D eigenvalue weighted by Gasteiger charge is -2.11. The molecule has 0 saturated heterocycles. The maximum absolute atomic E-state index is 12.5. The Morgan fingerprint density at radius 3 is 2.55 bits per heavy atom. The van der Waals surface area contributed by atoms with E-state index in [1.54, 1.807) is 6.07 Å². The van der Waals surface area contributed by atoms with Gasteiger partial charge in [-0.25, -0.2) is 4.98 Å². The number of hydrogen-bond acceptors (Lipinski definition) is 4. The Bertz CT molecular complexity index is 1220. The third-order valence-electron chi connectivity index (χ3n) is 4.52. The second kappa shape index (κ2) is 7.85. The third kappa shape index (κ3) is 4.17. The van der Waals surface area contributed by atoms with E-state index >= 15 is 0 Å². The van der Waals surface area contributed by atoms with Gasteiger partial charge in [-0.2, -0.15) is 0 Å². The fourth-order valence-corrected chi connectivity index (χ4v) is 3.32. The summed E-state index contributed by atoms with van der Waals surface area (Å²) >= 11 is 5.30. The van der Waals surface area contributed by atoms with Crippen molar-refractivity contribution in [3.8, 4) is 11.5 Å². The second-order valence-corrected chi connectivity index (χ2v) is 7.20. The van der Waals surface area contributed by atoms with Crippen LogP contribution in [0, 0.1) is 13.8 Å². The number of nitrogens with one attached hydrogen (secondary N) is 2. The number of amides is 1. The highest BCUT2D eigenvalue weighted by molar-refractivity contribution is 7.80. The van der Waals surface area contributed by atoms with Crippen molar-refractivity contribution in [3.05, 3.63) is 83.4 Å². The fourth-order valence-electron chi connectivity index (χ4n) is 3.11. The number of carbonyl (C=O) groups excluding carboxylic acids is 1. The first-order chi connectivity index (χ1) is 14.0. The fraction of sp³-hybridized carbons (Fsp3) is 0.0870. The molecule has 1 amide bonds. The Morgan fingerprint density at radius 2 is 1.79 bits per heavy atom. The van der Waals surface area contributed by atoms with Crippen molar-refractivity contribution in [2.75, 3.05) is 5.32 Å². The van der Waals surface area contributed by atoms with Gasteiger partial charge in [-0.3, -0.25) is 10.1 Å².